The number of halogens is 1. The van der Waals surface area contributed by atoms with Crippen molar-refractivity contribution in [1.29, 1.82) is 0 Å². The first-order chi connectivity index (χ1) is 2.56. The second kappa shape index (κ2) is 6.04. The van der Waals surface area contributed by atoms with Crippen molar-refractivity contribution in [2.45, 2.75) is 5.79 Å². The van der Waals surface area contributed by atoms with Crippen LogP contribution in [0.25, 0.3) is 0 Å². The van der Waals surface area contributed by atoms with Gasteiger partial charge in [-0.3, -0.25) is 0 Å². The van der Waals surface area contributed by atoms with Gasteiger partial charge in [0.1, 0.15) is 5.79 Å². The molecule has 8 heavy (non-hydrogen) atoms. The van der Waals surface area contributed by atoms with Crippen molar-refractivity contribution in [1.82, 2.24) is 0 Å². The summed E-state index contributed by atoms with van der Waals surface area (Å²) < 4.78 is 0. The average molecular weight is 177 g/mol. The molecule has 0 spiro atoms. The van der Waals surface area contributed by atoms with Crippen LogP contribution in [-0.2, 0) is 0 Å². The van der Waals surface area contributed by atoms with E-state index in [0.29, 0.717) is 0 Å². The molecule has 0 rings (SSSR count). The molecule has 4 nitrogen and oxygen atoms in total. The molecule has 0 bridgehead atoms. The van der Waals surface area contributed by atoms with Crippen LogP contribution >= 0.6 is 0 Å². The molecule has 0 aromatic rings. The van der Waals surface area contributed by atoms with Crippen LogP contribution in [-0.4, -0.2) is 12.3 Å². The quantitative estimate of drug-likeness (QED) is 0.236. The zero-order chi connectivity index (χ0) is 5.21. The topological polar surface area (TPSA) is 104 Å². The normalized spacial score (nSPS) is 9.00. The molecule has 0 radical (unpaired) electrons. The average Bonchev–Trinajstić information content (AvgIpc) is 1.35. The largest absolute Gasteiger partial charge is 1.00 e. The summed E-state index contributed by atoms with van der Waals surface area (Å²) in [7, 11) is 0. The Balaban J connectivity index is -0.000000125. The fourth-order valence-corrected chi connectivity index (χ4v) is 0. The van der Waals surface area contributed by atoms with Gasteiger partial charge in [-0.15, -0.1) is 0 Å². The maximum absolute atomic E-state index is 4.97. The summed E-state index contributed by atoms with van der Waals surface area (Å²) in [4.78, 5) is 0. The van der Waals surface area contributed by atoms with E-state index < -0.39 is 5.79 Å². The summed E-state index contributed by atoms with van der Waals surface area (Å²) in [6.45, 7) is 0.104. The van der Waals surface area contributed by atoms with Gasteiger partial charge in [0.05, 0.1) is 0 Å². The van der Waals surface area contributed by atoms with Crippen LogP contribution in [0.4, 0.5) is 0 Å². The zero-order valence-corrected chi connectivity index (χ0v) is 6.48. The molecule has 0 saturated carbocycles. The van der Waals surface area contributed by atoms with Gasteiger partial charge in [0.2, 0.25) is 0 Å². The van der Waals surface area contributed by atoms with E-state index in [4.69, 9.17) is 22.9 Å². The second-order valence-corrected chi connectivity index (χ2v) is 1.32. The van der Waals surface area contributed by atoms with Crippen molar-refractivity contribution in [2.24, 2.45) is 22.9 Å². The van der Waals surface area contributed by atoms with Crippen molar-refractivity contribution in [3.8, 4) is 0 Å². The minimum Gasteiger partial charge on any atom is -1.00 e. The molecule has 0 fully saturated rings. The number of nitrogens with two attached hydrogens (primary N) is 4. The maximum Gasteiger partial charge on any atom is 1.00 e. The van der Waals surface area contributed by atoms with Gasteiger partial charge in [0.15, 0.2) is 0 Å². The molecule has 0 amide bonds. The van der Waals surface area contributed by atoms with E-state index >= 15 is 0 Å². The van der Waals surface area contributed by atoms with Crippen LogP contribution in [0, 0.1) is 0 Å². The third kappa shape index (κ3) is 15.8. The van der Waals surface area contributed by atoms with E-state index in [9.17, 15) is 0 Å². The Morgan fingerprint density at radius 2 is 1.25 bits per heavy atom. The van der Waals surface area contributed by atoms with Crippen molar-refractivity contribution in [2.75, 3.05) is 6.54 Å². The first-order valence-electron chi connectivity index (χ1n) is 1.63. The van der Waals surface area contributed by atoms with Gasteiger partial charge in [-0.05, 0) is 0 Å². The summed E-state index contributed by atoms with van der Waals surface area (Å²) in [5.41, 5.74) is 19.8. The van der Waals surface area contributed by atoms with Crippen molar-refractivity contribution >= 4 is 0 Å². The minimum absolute atomic E-state index is 0. The first kappa shape index (κ1) is 16.0. The third-order valence-corrected chi connectivity index (χ3v) is 0.354. The van der Waals surface area contributed by atoms with E-state index in [-0.39, 0.29) is 42.4 Å². The van der Waals surface area contributed by atoms with Gasteiger partial charge in [-0.1, -0.05) is 0 Å². The number of rotatable bonds is 1. The molecule has 0 aromatic carbocycles. The fraction of sp³-hybridized carbons (Fsp3) is 1.00. The van der Waals surface area contributed by atoms with E-state index in [1.807, 2.05) is 0 Å². The van der Waals surface area contributed by atoms with Gasteiger partial charge in [-0.2, -0.15) is 0 Å². The Bertz CT molecular complexity index is 43.8. The van der Waals surface area contributed by atoms with Crippen molar-refractivity contribution in [3.05, 3.63) is 0 Å². The van der Waals surface area contributed by atoms with Gasteiger partial charge in [-0.25, -0.2) is 0 Å². The summed E-state index contributed by atoms with van der Waals surface area (Å²) in [6, 6.07) is 0. The molecule has 0 unspecified atom stereocenters. The zero-order valence-electron chi connectivity index (χ0n) is 4.89. The van der Waals surface area contributed by atoms with E-state index in [1.54, 1.807) is 0 Å². The molecular weight excluding hydrogens is 167 g/mol. The molecule has 0 aliphatic carbocycles. The van der Waals surface area contributed by atoms with Crippen LogP contribution in [0.5, 0.6) is 0 Å². The summed E-state index contributed by atoms with van der Waals surface area (Å²) in [5.74, 6) is -1.18. The van der Waals surface area contributed by atoms with Crippen LogP contribution < -0.4 is 58.8 Å². The van der Waals surface area contributed by atoms with E-state index in [0.717, 1.165) is 0 Å². The van der Waals surface area contributed by atoms with Gasteiger partial charge < -0.3 is 39.9 Å². The Hall–Kier alpha value is 0.917. The van der Waals surface area contributed by atoms with Gasteiger partial charge >= 0.3 is 18.9 Å². The molecular formula is C2H10BrLiN4. The third-order valence-electron chi connectivity index (χ3n) is 0.354. The van der Waals surface area contributed by atoms with Crippen LogP contribution in [0.1, 0.15) is 0 Å². The number of hydrogen-bond donors (Lipinski definition) is 4. The Labute approximate surface area is 71.3 Å². The molecule has 6 heteroatoms. The summed E-state index contributed by atoms with van der Waals surface area (Å²) >= 11 is 0. The van der Waals surface area contributed by atoms with Crippen LogP contribution in [0.15, 0.2) is 0 Å². The standard InChI is InChI=1S/C2H10N4.BrH.Li/c3-1-2(4,5)6;;/h1,3-6H2;1H;/q;;+1/p-1. The molecule has 8 N–H and O–H groups in total. The molecule has 0 aromatic heterocycles. The van der Waals surface area contributed by atoms with Crippen LogP contribution in [0.3, 0.4) is 0 Å². The Kier molecular flexibility index (Phi) is 12.1. The first-order valence-corrected chi connectivity index (χ1v) is 1.63. The Morgan fingerprint density at radius 1 is 1.12 bits per heavy atom. The summed E-state index contributed by atoms with van der Waals surface area (Å²) in [6.07, 6.45) is 0. The maximum atomic E-state index is 4.97. The second-order valence-electron chi connectivity index (χ2n) is 1.32. The number of hydrogen-bond acceptors (Lipinski definition) is 4. The predicted molar refractivity (Wildman–Crippen MR) is 24.3 cm³/mol. The molecule has 0 atom stereocenters. The molecule has 0 aliphatic rings. The van der Waals surface area contributed by atoms with Crippen molar-refractivity contribution < 1.29 is 35.8 Å². The predicted octanol–water partition coefficient (Wildman–Crippen LogP) is -8.52. The minimum atomic E-state index is -1.18. The Morgan fingerprint density at radius 3 is 1.25 bits per heavy atom. The molecule has 46 valence electrons. The van der Waals surface area contributed by atoms with E-state index in [2.05, 4.69) is 0 Å². The summed E-state index contributed by atoms with van der Waals surface area (Å²) in [5, 5.41) is 0. The van der Waals surface area contributed by atoms with Gasteiger partial charge in [0.25, 0.3) is 0 Å². The van der Waals surface area contributed by atoms with Gasteiger partial charge in [0, 0.05) is 6.54 Å². The monoisotopic (exact) mass is 176 g/mol. The van der Waals surface area contributed by atoms with E-state index in [1.165, 1.54) is 0 Å². The molecule has 0 heterocycles. The van der Waals surface area contributed by atoms with Crippen LogP contribution in [0.2, 0.25) is 0 Å². The molecule has 0 aliphatic heterocycles. The SMILES string of the molecule is NCC(N)(N)N.[Br-].[Li+]. The van der Waals surface area contributed by atoms with Crippen molar-refractivity contribution in [3.63, 3.8) is 0 Å². The molecule has 0 saturated heterocycles. The fourth-order valence-electron chi connectivity index (χ4n) is 0. The smallest absolute Gasteiger partial charge is 1.00 e.